The summed E-state index contributed by atoms with van der Waals surface area (Å²) in [5.41, 5.74) is 1.46. The molecule has 1 aliphatic rings. The molecule has 142 valence electrons. The summed E-state index contributed by atoms with van der Waals surface area (Å²) in [5, 5.41) is 9.17. The predicted octanol–water partition coefficient (Wildman–Crippen LogP) is 2.68. The number of nitrogens with one attached hydrogen (secondary N) is 3. The van der Waals surface area contributed by atoms with Gasteiger partial charge in [0, 0.05) is 12.1 Å². The first-order valence-corrected chi connectivity index (χ1v) is 9.20. The number of ether oxygens (including phenoxy) is 1. The first-order valence-electron chi connectivity index (χ1n) is 9.20. The third-order valence-corrected chi connectivity index (χ3v) is 4.72. The van der Waals surface area contributed by atoms with Crippen molar-refractivity contribution in [1.29, 1.82) is 0 Å². The number of rotatable bonds is 6. The van der Waals surface area contributed by atoms with E-state index in [1.807, 2.05) is 0 Å². The Labute approximate surface area is 159 Å². The minimum atomic E-state index is -0.269. The summed E-state index contributed by atoms with van der Waals surface area (Å²) < 4.78 is 5.11. The number of hydrogen-bond donors (Lipinski definition) is 3. The van der Waals surface area contributed by atoms with Gasteiger partial charge in [-0.1, -0.05) is 12.1 Å². The molecule has 0 saturated carbocycles. The maximum Gasteiger partial charge on any atom is 0.255 e. The number of amides is 2. The Balaban J connectivity index is 1.65. The lowest BCUT2D eigenvalue weighted by atomic mass is 9.99. The molecule has 0 aromatic heterocycles. The lowest BCUT2D eigenvalue weighted by molar-refractivity contribution is 0.0945. The Morgan fingerprint density at radius 2 is 1.89 bits per heavy atom. The van der Waals surface area contributed by atoms with Crippen LogP contribution in [0, 0.1) is 5.92 Å². The highest BCUT2D eigenvalue weighted by Crippen LogP contribution is 2.18. The van der Waals surface area contributed by atoms with Gasteiger partial charge in [0.05, 0.1) is 18.4 Å². The number of carbonyl (C=O) groups excluding carboxylic acids is 2. The fourth-order valence-corrected chi connectivity index (χ4v) is 3.16. The van der Waals surface area contributed by atoms with Gasteiger partial charge < -0.3 is 20.7 Å². The molecule has 3 N–H and O–H groups in total. The molecule has 6 nitrogen and oxygen atoms in total. The Bertz CT molecular complexity index is 784. The van der Waals surface area contributed by atoms with Gasteiger partial charge in [-0.15, -0.1) is 0 Å². The summed E-state index contributed by atoms with van der Waals surface area (Å²) in [5.74, 6) is 0.688. The van der Waals surface area contributed by atoms with Crippen LogP contribution in [0.2, 0.25) is 0 Å². The van der Waals surface area contributed by atoms with E-state index in [0.29, 0.717) is 35.0 Å². The summed E-state index contributed by atoms with van der Waals surface area (Å²) in [6.45, 7) is 2.60. The molecule has 0 spiro atoms. The van der Waals surface area contributed by atoms with E-state index in [9.17, 15) is 9.59 Å². The summed E-state index contributed by atoms with van der Waals surface area (Å²) in [4.78, 5) is 25.1. The molecular formula is C21H25N3O3. The van der Waals surface area contributed by atoms with Crippen molar-refractivity contribution >= 4 is 17.5 Å². The third kappa shape index (κ3) is 5.08. The molecular weight excluding hydrogens is 342 g/mol. The smallest absolute Gasteiger partial charge is 0.255 e. The summed E-state index contributed by atoms with van der Waals surface area (Å²) in [7, 11) is 1.58. The summed E-state index contributed by atoms with van der Waals surface area (Å²) in [6, 6.07) is 13.9. The second-order valence-corrected chi connectivity index (χ2v) is 6.65. The molecule has 1 fully saturated rings. The van der Waals surface area contributed by atoms with Gasteiger partial charge in [0.2, 0.25) is 0 Å². The predicted molar refractivity (Wildman–Crippen MR) is 105 cm³/mol. The Morgan fingerprint density at radius 3 is 2.59 bits per heavy atom. The van der Waals surface area contributed by atoms with E-state index in [4.69, 9.17) is 4.74 Å². The molecule has 6 heteroatoms. The number of piperidine rings is 1. The minimum Gasteiger partial charge on any atom is -0.497 e. The van der Waals surface area contributed by atoms with Crippen molar-refractivity contribution in [3.05, 3.63) is 59.7 Å². The van der Waals surface area contributed by atoms with Gasteiger partial charge in [0.15, 0.2) is 0 Å². The first kappa shape index (κ1) is 18.9. The molecule has 1 aliphatic heterocycles. The SMILES string of the molecule is COc1ccc(C(=O)Nc2ccccc2C(=O)NCC2CCCNC2)cc1. The average Bonchev–Trinajstić information content (AvgIpc) is 2.73. The average molecular weight is 367 g/mol. The van der Waals surface area contributed by atoms with Crippen LogP contribution in [0.4, 0.5) is 5.69 Å². The van der Waals surface area contributed by atoms with E-state index in [-0.39, 0.29) is 11.8 Å². The van der Waals surface area contributed by atoms with Crippen molar-refractivity contribution in [3.63, 3.8) is 0 Å². The van der Waals surface area contributed by atoms with Crippen LogP contribution in [0.3, 0.4) is 0 Å². The minimum absolute atomic E-state index is 0.175. The second kappa shape index (κ2) is 9.19. The van der Waals surface area contributed by atoms with Gasteiger partial charge in [0.1, 0.15) is 5.75 Å². The van der Waals surface area contributed by atoms with Crippen LogP contribution in [0.5, 0.6) is 5.75 Å². The van der Waals surface area contributed by atoms with Crippen LogP contribution in [0.15, 0.2) is 48.5 Å². The highest BCUT2D eigenvalue weighted by Gasteiger charge is 2.17. The zero-order chi connectivity index (χ0) is 19.1. The number of benzene rings is 2. The Kier molecular flexibility index (Phi) is 6.44. The van der Waals surface area contributed by atoms with E-state index in [2.05, 4.69) is 16.0 Å². The van der Waals surface area contributed by atoms with Crippen LogP contribution in [0.25, 0.3) is 0 Å². The van der Waals surface area contributed by atoms with E-state index in [1.54, 1.807) is 55.6 Å². The molecule has 2 amide bonds. The van der Waals surface area contributed by atoms with Gasteiger partial charge in [-0.05, 0) is 68.2 Å². The van der Waals surface area contributed by atoms with Crippen molar-refractivity contribution in [2.24, 2.45) is 5.92 Å². The molecule has 1 saturated heterocycles. The van der Waals surface area contributed by atoms with Crippen LogP contribution < -0.4 is 20.7 Å². The fraction of sp³-hybridized carbons (Fsp3) is 0.333. The van der Waals surface area contributed by atoms with Crippen molar-refractivity contribution in [3.8, 4) is 5.75 Å². The maximum absolute atomic E-state index is 12.6. The molecule has 1 heterocycles. The Morgan fingerprint density at radius 1 is 1.11 bits per heavy atom. The molecule has 2 aromatic carbocycles. The molecule has 2 aromatic rings. The van der Waals surface area contributed by atoms with Gasteiger partial charge in [0.25, 0.3) is 11.8 Å². The van der Waals surface area contributed by atoms with Crippen molar-refractivity contribution in [2.75, 3.05) is 32.1 Å². The van der Waals surface area contributed by atoms with Crippen molar-refractivity contribution in [1.82, 2.24) is 10.6 Å². The lowest BCUT2D eigenvalue weighted by Crippen LogP contribution is -2.38. The number of hydrogen-bond acceptors (Lipinski definition) is 4. The van der Waals surface area contributed by atoms with Gasteiger partial charge >= 0.3 is 0 Å². The van der Waals surface area contributed by atoms with Crippen molar-refractivity contribution in [2.45, 2.75) is 12.8 Å². The van der Waals surface area contributed by atoms with Gasteiger partial charge in [-0.25, -0.2) is 0 Å². The highest BCUT2D eigenvalue weighted by molar-refractivity contribution is 6.09. The van der Waals surface area contributed by atoms with E-state index >= 15 is 0 Å². The number of anilines is 1. The molecule has 1 atom stereocenters. The van der Waals surface area contributed by atoms with Crippen LogP contribution in [0.1, 0.15) is 33.6 Å². The first-order chi connectivity index (χ1) is 13.2. The molecule has 3 rings (SSSR count). The molecule has 0 aliphatic carbocycles. The van der Waals surface area contributed by atoms with Crippen LogP contribution in [-0.2, 0) is 0 Å². The number of methoxy groups -OCH3 is 1. The van der Waals surface area contributed by atoms with Crippen LogP contribution in [-0.4, -0.2) is 38.6 Å². The zero-order valence-electron chi connectivity index (χ0n) is 15.5. The van der Waals surface area contributed by atoms with E-state index in [1.165, 1.54) is 0 Å². The normalized spacial score (nSPS) is 16.4. The van der Waals surface area contributed by atoms with Crippen LogP contribution >= 0.6 is 0 Å². The summed E-state index contributed by atoms with van der Waals surface area (Å²) >= 11 is 0. The highest BCUT2D eigenvalue weighted by atomic mass is 16.5. The van der Waals surface area contributed by atoms with Gasteiger partial charge in [-0.3, -0.25) is 9.59 Å². The molecule has 27 heavy (non-hydrogen) atoms. The number of carbonyl (C=O) groups is 2. The maximum atomic E-state index is 12.6. The fourth-order valence-electron chi connectivity index (χ4n) is 3.16. The zero-order valence-corrected chi connectivity index (χ0v) is 15.5. The molecule has 0 bridgehead atoms. The molecule has 1 unspecified atom stereocenters. The topological polar surface area (TPSA) is 79.5 Å². The standard InChI is InChI=1S/C21H25N3O3/c1-27-17-10-8-16(9-11-17)20(25)24-19-7-3-2-6-18(19)21(26)23-14-15-5-4-12-22-13-15/h2-3,6-11,15,22H,4-5,12-14H2,1H3,(H,23,26)(H,24,25). The largest absolute Gasteiger partial charge is 0.497 e. The van der Waals surface area contributed by atoms with Gasteiger partial charge in [-0.2, -0.15) is 0 Å². The quantitative estimate of drug-likeness (QED) is 0.733. The van der Waals surface area contributed by atoms with E-state index < -0.39 is 0 Å². The van der Waals surface area contributed by atoms with E-state index in [0.717, 1.165) is 25.9 Å². The number of para-hydroxylation sites is 1. The lowest BCUT2D eigenvalue weighted by Gasteiger charge is -2.23. The second-order valence-electron chi connectivity index (χ2n) is 6.65. The monoisotopic (exact) mass is 367 g/mol. The summed E-state index contributed by atoms with van der Waals surface area (Å²) in [6.07, 6.45) is 2.25. The Hall–Kier alpha value is -2.86. The third-order valence-electron chi connectivity index (χ3n) is 4.72. The van der Waals surface area contributed by atoms with Crippen molar-refractivity contribution < 1.29 is 14.3 Å². The molecule has 0 radical (unpaired) electrons.